The Morgan fingerprint density at radius 3 is 1.21 bits per heavy atom. The molecule has 0 saturated carbocycles. The van der Waals surface area contributed by atoms with Gasteiger partial charge in [-0.25, -0.2) is 18.7 Å². The van der Waals surface area contributed by atoms with E-state index in [-0.39, 0.29) is 43.8 Å². The van der Waals surface area contributed by atoms with Crippen LogP contribution in [0, 0.1) is 0 Å². The second-order valence-corrected chi connectivity index (χ2v) is 67.2. The molecule has 0 radical (unpaired) electrons. The van der Waals surface area contributed by atoms with Crippen LogP contribution in [0.2, 0.25) is 128 Å². The van der Waals surface area contributed by atoms with Crippen molar-refractivity contribution < 1.29 is 85.7 Å². The molecule has 11 rings (SSSR count). The molecule has 664 valence electrons. The second-order valence-electron chi connectivity index (χ2n) is 34.1. The van der Waals surface area contributed by atoms with Crippen molar-refractivity contribution in [3.8, 4) is 45.0 Å². The molecule has 0 aliphatic carbocycles. The zero-order chi connectivity index (χ0) is 88.3. The monoisotopic (exact) mass is 2020 g/mol. The maximum absolute atomic E-state index is 12.3. The van der Waals surface area contributed by atoms with E-state index >= 15 is 0 Å². The van der Waals surface area contributed by atoms with Crippen LogP contribution in [0.5, 0.6) is 0 Å². The largest absolute Gasteiger partial charge is 1.00 e. The molecule has 9 aromatic heterocycles. The molecule has 0 amide bonds. The van der Waals surface area contributed by atoms with Crippen molar-refractivity contribution in [3.63, 3.8) is 0 Å². The number of hydrogen-bond donors (Lipinski definition) is 0. The molecule has 9 aromatic rings. The summed E-state index contributed by atoms with van der Waals surface area (Å²) in [5.74, 6) is 0.768. The number of rotatable bonds is 37. The van der Waals surface area contributed by atoms with E-state index in [4.69, 9.17) is 40.0 Å². The minimum atomic E-state index is -4.11. The summed E-state index contributed by atoms with van der Waals surface area (Å²) in [7, 11) is -5.26. The quantitative estimate of drug-likeness (QED) is 0.0117. The van der Waals surface area contributed by atoms with Crippen molar-refractivity contribution in [2.24, 2.45) is 4.99 Å². The Balaban J connectivity index is 0.000000382. The maximum atomic E-state index is 12.3. The summed E-state index contributed by atoms with van der Waals surface area (Å²) in [6.45, 7) is 43.0. The van der Waals surface area contributed by atoms with Gasteiger partial charge >= 0.3 is 41.9 Å². The van der Waals surface area contributed by atoms with Gasteiger partial charge in [0.1, 0.15) is 44.4 Å². The Kier molecular flexibility index (Phi) is 51.4. The third-order valence-corrected chi connectivity index (χ3v) is 29.7. The Bertz CT molecular complexity index is 4290. The number of pyridine rings is 5. The summed E-state index contributed by atoms with van der Waals surface area (Å²) in [5.41, 5.74) is 9.30. The summed E-state index contributed by atoms with van der Waals surface area (Å²) >= 11 is 18.6. The van der Waals surface area contributed by atoms with Gasteiger partial charge < -0.3 is 29.8 Å². The molecule has 2 aliphatic heterocycles. The summed E-state index contributed by atoms with van der Waals surface area (Å²) in [6.07, 6.45) is 19.8. The van der Waals surface area contributed by atoms with Crippen molar-refractivity contribution in [1.29, 1.82) is 0 Å². The molecule has 1 fully saturated rings. The fourth-order valence-corrected chi connectivity index (χ4v) is 17.6. The first-order chi connectivity index (χ1) is 56.7. The van der Waals surface area contributed by atoms with E-state index < -0.39 is 65.6 Å². The van der Waals surface area contributed by atoms with Crippen LogP contribution < -0.4 is 29.6 Å². The van der Waals surface area contributed by atoms with Crippen molar-refractivity contribution in [1.82, 2.24) is 64.0 Å². The predicted octanol–water partition coefficient (Wildman–Crippen LogP) is 22.0. The molecule has 0 aromatic carbocycles. The fourth-order valence-electron chi connectivity index (χ4n) is 10.2. The molecule has 0 spiro atoms. The van der Waals surface area contributed by atoms with Gasteiger partial charge in [-0.3, -0.25) is 29.9 Å². The van der Waals surface area contributed by atoms with Crippen LogP contribution in [-0.4, -0.2) is 193 Å². The third kappa shape index (κ3) is 49.1. The molecule has 121 heavy (non-hydrogen) atoms. The number of aliphatic imine (C=N–C) groups is 1. The Hall–Kier alpha value is -4.15. The van der Waals surface area contributed by atoms with Gasteiger partial charge in [0.15, 0.2) is 0 Å². The number of allylic oxidation sites excluding steroid dienone is 1. The van der Waals surface area contributed by atoms with Gasteiger partial charge in [-0.15, -0.1) is 23.5 Å². The van der Waals surface area contributed by atoms with Crippen LogP contribution >= 0.6 is 82.9 Å². The zero-order valence-corrected chi connectivity index (χ0v) is 87.3. The normalized spacial score (nSPS) is 12.9. The van der Waals surface area contributed by atoms with Gasteiger partial charge in [-0.05, 0) is 182 Å². The molecule has 20 nitrogen and oxygen atoms in total. The molecule has 0 bridgehead atoms. The first kappa shape index (κ1) is 109. The van der Waals surface area contributed by atoms with Crippen molar-refractivity contribution in [2.45, 2.75) is 216 Å². The van der Waals surface area contributed by atoms with Crippen molar-refractivity contribution in [2.75, 3.05) is 70.4 Å². The maximum Gasteiger partial charge on any atom is 1.00 e. The SMILES string of the molecule is BrC1=CCN=C1c1cccnc1.C1CCOC1.C[Si](C)(C)CCOCCl.C[Si](C)(C)CCOCn1cc(Br)c(-c2cccnc2)n1.C[Si](C)(C)CCOCn1cc(SCCCC(F)(F)F)c(-c2cccnc2)n1.C[Si](C)(C)CCOCn1ncc(Br)c1-c1cccnc1.C[Si](C)(C)CCOCn1ncc(SCCCC(F)(F)F)c1-c1cccnc1.[H-].[Na+]. The first-order valence-electron chi connectivity index (χ1n) is 40.1. The summed E-state index contributed by atoms with van der Waals surface area (Å²) < 4.78 is 117. The average molecular weight is 2030 g/mol. The number of alkyl halides is 7. The van der Waals surface area contributed by atoms with Crippen LogP contribution in [0.25, 0.3) is 45.0 Å². The summed E-state index contributed by atoms with van der Waals surface area (Å²) in [5, 5.41) is 17.8. The Labute approximate surface area is 780 Å². The molecular formula is C83H123Br3ClF6N14NaO6S2Si5. The summed E-state index contributed by atoms with van der Waals surface area (Å²) in [6, 6.07) is 25.2. The van der Waals surface area contributed by atoms with Gasteiger partial charge in [0.2, 0.25) is 0 Å². The van der Waals surface area contributed by atoms with Gasteiger partial charge in [-0.1, -0.05) is 110 Å². The van der Waals surface area contributed by atoms with E-state index in [2.05, 4.69) is 196 Å². The Morgan fingerprint density at radius 2 is 0.826 bits per heavy atom. The molecular weight excluding hydrogens is 1910 g/mol. The van der Waals surface area contributed by atoms with Crippen LogP contribution in [-0.2, 0) is 55.3 Å². The third-order valence-electron chi connectivity index (χ3n) is 17.0. The number of aromatic nitrogens is 13. The van der Waals surface area contributed by atoms with Crippen molar-refractivity contribution in [3.05, 3.63) is 172 Å². The van der Waals surface area contributed by atoms with Crippen LogP contribution in [0.1, 0.15) is 45.5 Å². The molecule has 0 unspecified atom stereocenters. The van der Waals surface area contributed by atoms with E-state index in [0.717, 1.165) is 137 Å². The molecule has 38 heteroatoms. The molecule has 2 aliphatic rings. The Morgan fingerprint density at radius 1 is 0.455 bits per heavy atom. The van der Waals surface area contributed by atoms with E-state index in [1.165, 1.54) is 48.5 Å². The van der Waals surface area contributed by atoms with Crippen LogP contribution in [0.3, 0.4) is 0 Å². The van der Waals surface area contributed by atoms with Gasteiger partial charge in [-0.2, -0.15) is 46.7 Å². The van der Waals surface area contributed by atoms with E-state index in [1.807, 2.05) is 107 Å². The predicted molar refractivity (Wildman–Crippen MR) is 504 cm³/mol. The van der Waals surface area contributed by atoms with E-state index in [1.54, 1.807) is 65.1 Å². The van der Waals surface area contributed by atoms with E-state index in [0.29, 0.717) is 57.7 Å². The van der Waals surface area contributed by atoms with E-state index in [9.17, 15) is 26.3 Å². The minimum Gasteiger partial charge on any atom is -1.00 e. The van der Waals surface area contributed by atoms with Gasteiger partial charge in [0, 0.05) is 206 Å². The molecule has 1 saturated heterocycles. The van der Waals surface area contributed by atoms with Crippen molar-refractivity contribution >= 4 is 129 Å². The topological polar surface area (TPSA) is 203 Å². The standard InChI is InChI=1S/2C18H26F3N3OSSi.2C14H20BrN3OSi.C9H7BrN2.C6H15ClOSi.C4H8O.Na.H/c1-27(2,3)11-9-25-14-24-13-16(26-10-5-7-18(19,20)21)17(23-24)15-6-4-8-22-12-15;1-27(2,3)11-9-25-14-24-17(15-6-4-8-22-12-15)16(13-23-24)26-10-5-7-18(19,20)21;1-20(2,3)8-7-19-11-18-10-13(15)14(17-18)12-5-4-6-16-9-12;1-20(2,3)8-7-19-11-18-14(13(15)10-17-18)12-5-4-6-16-9-12;10-8-3-5-12-9(8)7-2-1-4-11-6-7;1-9(2,3)5-4-8-6-7;1-2-4-5-3-1;;/h2*4,6,8,12-13H,5,7,9-11,14H2,1-3H3;2*4-6,9-10H,7-8,11H2,1-3H3;1-4,6H,5H2;4-6H2,1-3H3;1-4H2;;/q;;;;;;;+1;-1. The number of hydrogen-bond acceptors (Lipinski definition) is 18. The fraction of sp³-hybridized carbons (Fsp3) is 0.518. The average Bonchev–Trinajstić information content (AvgIpc) is 1.65. The minimum absolute atomic E-state index is 0. The van der Waals surface area contributed by atoms with Gasteiger partial charge in [0.25, 0.3) is 0 Å². The smallest absolute Gasteiger partial charge is 1.00 e. The molecule has 0 atom stereocenters. The number of thioether (sulfide) groups is 2. The first-order valence-corrected chi connectivity index (χ1v) is 63.5. The van der Waals surface area contributed by atoms with Gasteiger partial charge in [0.05, 0.1) is 54.8 Å². The van der Waals surface area contributed by atoms with Crippen LogP contribution in [0.15, 0.2) is 182 Å². The summed E-state index contributed by atoms with van der Waals surface area (Å²) in [4.78, 5) is 26.6. The number of ether oxygens (including phenoxy) is 6. The second kappa shape index (κ2) is 56.9. The van der Waals surface area contributed by atoms with Crippen LogP contribution in [0.4, 0.5) is 26.3 Å². The number of halogens is 10. The zero-order valence-electron chi connectivity index (χ0n) is 74.1. The molecule has 0 N–H and O–H groups in total. The molecule has 11 heterocycles. The number of nitrogens with zero attached hydrogens (tertiary/aromatic N) is 14.